The van der Waals surface area contributed by atoms with Crippen molar-refractivity contribution in [3.05, 3.63) is 12.7 Å². The highest BCUT2D eigenvalue weighted by molar-refractivity contribution is 5.78. The van der Waals surface area contributed by atoms with Crippen molar-refractivity contribution in [1.29, 1.82) is 0 Å². The minimum absolute atomic E-state index is 0.465. The molecule has 0 aliphatic carbocycles. The van der Waals surface area contributed by atoms with Gasteiger partial charge in [0.05, 0.1) is 6.61 Å². The van der Waals surface area contributed by atoms with E-state index < -0.39 is 18.0 Å². The van der Waals surface area contributed by atoms with Crippen molar-refractivity contribution in [3.63, 3.8) is 0 Å². The summed E-state index contributed by atoms with van der Waals surface area (Å²) < 4.78 is 4.63. The van der Waals surface area contributed by atoms with Crippen LogP contribution in [-0.4, -0.2) is 34.9 Å². The molecule has 0 amide bonds. The van der Waals surface area contributed by atoms with E-state index in [1.807, 2.05) is 0 Å². The summed E-state index contributed by atoms with van der Waals surface area (Å²) in [5.74, 6) is -1.45. The maximum Gasteiger partial charge on any atom is 0.334 e. The topological polar surface area (TPSA) is 83.8 Å². The molecule has 1 aliphatic heterocycles. The number of rotatable bonds is 1. The standard InChI is InChI=1S/C6H10O3.C3H4O2/c7-5-3-1-2-4-9-6(5)8;1-2-3(4)5/h5,7H,1-4H2;2H,1H2,(H,4,5). The molecule has 5 heteroatoms. The van der Waals surface area contributed by atoms with Crippen LogP contribution in [0.5, 0.6) is 0 Å². The monoisotopic (exact) mass is 202 g/mol. The van der Waals surface area contributed by atoms with Gasteiger partial charge in [0.1, 0.15) is 0 Å². The Labute approximate surface area is 82.0 Å². The first kappa shape index (κ1) is 12.6. The van der Waals surface area contributed by atoms with Crippen LogP contribution < -0.4 is 0 Å². The average molecular weight is 202 g/mol. The minimum Gasteiger partial charge on any atom is -0.478 e. The van der Waals surface area contributed by atoms with Crippen LogP contribution in [0.2, 0.25) is 0 Å². The average Bonchev–Trinajstić information content (AvgIpc) is 2.33. The number of ether oxygens (including phenoxy) is 1. The third kappa shape index (κ3) is 6.19. The molecule has 14 heavy (non-hydrogen) atoms. The fourth-order valence-corrected chi connectivity index (χ4v) is 0.827. The summed E-state index contributed by atoms with van der Waals surface area (Å²) >= 11 is 0. The Morgan fingerprint density at radius 1 is 1.57 bits per heavy atom. The molecule has 2 N–H and O–H groups in total. The lowest BCUT2D eigenvalue weighted by Crippen LogP contribution is -2.20. The lowest BCUT2D eigenvalue weighted by atomic mass is 10.2. The fraction of sp³-hybridized carbons (Fsp3) is 0.556. The summed E-state index contributed by atoms with van der Waals surface area (Å²) in [5, 5.41) is 16.5. The number of esters is 1. The zero-order valence-electron chi connectivity index (χ0n) is 7.81. The smallest absolute Gasteiger partial charge is 0.334 e. The molecule has 1 atom stereocenters. The van der Waals surface area contributed by atoms with Gasteiger partial charge in [0, 0.05) is 6.08 Å². The summed E-state index contributed by atoms with van der Waals surface area (Å²) in [5.41, 5.74) is 0. The number of carboxylic acids is 1. The summed E-state index contributed by atoms with van der Waals surface area (Å²) in [6.45, 7) is 3.43. The van der Waals surface area contributed by atoms with Gasteiger partial charge in [0.25, 0.3) is 0 Å². The van der Waals surface area contributed by atoms with Crippen LogP contribution in [0.15, 0.2) is 12.7 Å². The van der Waals surface area contributed by atoms with E-state index in [0.29, 0.717) is 13.0 Å². The van der Waals surface area contributed by atoms with Gasteiger partial charge in [-0.2, -0.15) is 0 Å². The van der Waals surface area contributed by atoms with Crippen LogP contribution in [-0.2, 0) is 14.3 Å². The van der Waals surface area contributed by atoms with Crippen molar-refractivity contribution >= 4 is 11.9 Å². The Balaban J connectivity index is 0.000000292. The van der Waals surface area contributed by atoms with Gasteiger partial charge in [-0.3, -0.25) is 0 Å². The number of aliphatic carboxylic acids is 1. The molecule has 0 aromatic carbocycles. The van der Waals surface area contributed by atoms with Crippen LogP contribution in [0, 0.1) is 0 Å². The lowest BCUT2D eigenvalue weighted by molar-refractivity contribution is -0.152. The van der Waals surface area contributed by atoms with Crippen LogP contribution >= 0.6 is 0 Å². The van der Waals surface area contributed by atoms with Crippen LogP contribution in [0.4, 0.5) is 0 Å². The highest BCUT2D eigenvalue weighted by Gasteiger charge is 2.18. The second kappa shape index (κ2) is 7.08. The van der Waals surface area contributed by atoms with Crippen molar-refractivity contribution in [2.75, 3.05) is 6.61 Å². The van der Waals surface area contributed by atoms with E-state index in [-0.39, 0.29) is 0 Å². The number of carbonyl (C=O) groups excluding carboxylic acids is 1. The normalized spacial score (nSPS) is 20.9. The van der Waals surface area contributed by atoms with Gasteiger partial charge in [-0.05, 0) is 19.3 Å². The molecule has 1 fully saturated rings. The number of carbonyl (C=O) groups is 2. The lowest BCUT2D eigenvalue weighted by Gasteiger charge is -2.01. The maximum absolute atomic E-state index is 10.5. The molecular formula is C9H14O5. The van der Waals surface area contributed by atoms with E-state index in [1.165, 1.54) is 0 Å². The molecule has 0 radical (unpaired) electrons. The zero-order valence-corrected chi connectivity index (χ0v) is 7.81. The summed E-state index contributed by atoms with van der Waals surface area (Å²) in [6, 6.07) is 0. The molecule has 0 spiro atoms. The Kier molecular flexibility index (Phi) is 6.39. The number of hydrogen-bond donors (Lipinski definition) is 2. The SMILES string of the molecule is C=CC(=O)O.O=C1OCCCCC1O. The first-order valence-electron chi connectivity index (χ1n) is 4.28. The number of hydrogen-bond acceptors (Lipinski definition) is 4. The predicted molar refractivity (Wildman–Crippen MR) is 48.6 cm³/mol. The van der Waals surface area contributed by atoms with E-state index in [2.05, 4.69) is 11.3 Å². The number of carboxylic acid groups (broad SMARTS) is 1. The highest BCUT2D eigenvalue weighted by Crippen LogP contribution is 2.07. The summed E-state index contributed by atoms with van der Waals surface area (Å²) in [6.07, 6.45) is 2.28. The molecule has 0 aromatic rings. The molecule has 5 nitrogen and oxygen atoms in total. The second-order valence-electron chi connectivity index (χ2n) is 2.72. The van der Waals surface area contributed by atoms with Crippen molar-refractivity contribution in [2.45, 2.75) is 25.4 Å². The Morgan fingerprint density at radius 3 is 2.64 bits per heavy atom. The Hall–Kier alpha value is -1.36. The van der Waals surface area contributed by atoms with Crippen LogP contribution in [0.3, 0.4) is 0 Å². The van der Waals surface area contributed by atoms with Gasteiger partial charge < -0.3 is 14.9 Å². The molecule has 80 valence electrons. The van der Waals surface area contributed by atoms with Gasteiger partial charge in [-0.25, -0.2) is 9.59 Å². The van der Waals surface area contributed by atoms with Gasteiger partial charge in [-0.15, -0.1) is 0 Å². The van der Waals surface area contributed by atoms with Gasteiger partial charge in [-0.1, -0.05) is 6.58 Å². The third-order valence-corrected chi connectivity index (χ3v) is 1.56. The number of aliphatic hydroxyl groups is 1. The number of cyclic esters (lactones) is 1. The van der Waals surface area contributed by atoms with Crippen molar-refractivity contribution < 1.29 is 24.5 Å². The summed E-state index contributed by atoms with van der Waals surface area (Å²) in [4.78, 5) is 19.8. The molecular weight excluding hydrogens is 188 g/mol. The molecule has 1 aliphatic rings. The number of aliphatic hydroxyl groups excluding tert-OH is 1. The summed E-state index contributed by atoms with van der Waals surface area (Å²) in [7, 11) is 0. The zero-order chi connectivity index (χ0) is 11.0. The molecule has 0 saturated carbocycles. The van der Waals surface area contributed by atoms with Crippen molar-refractivity contribution in [3.8, 4) is 0 Å². The quantitative estimate of drug-likeness (QED) is 0.473. The van der Waals surface area contributed by atoms with Crippen molar-refractivity contribution in [1.82, 2.24) is 0 Å². The second-order valence-corrected chi connectivity index (χ2v) is 2.72. The third-order valence-electron chi connectivity index (χ3n) is 1.56. The predicted octanol–water partition coefficient (Wildman–Crippen LogP) is 0.331. The van der Waals surface area contributed by atoms with Crippen LogP contribution in [0.25, 0.3) is 0 Å². The van der Waals surface area contributed by atoms with Gasteiger partial charge >= 0.3 is 11.9 Å². The van der Waals surface area contributed by atoms with Gasteiger partial charge in [0.15, 0.2) is 6.10 Å². The molecule has 1 heterocycles. The maximum atomic E-state index is 10.5. The molecule has 1 saturated heterocycles. The molecule has 1 unspecified atom stereocenters. The van der Waals surface area contributed by atoms with E-state index >= 15 is 0 Å². The first-order valence-corrected chi connectivity index (χ1v) is 4.28. The highest BCUT2D eigenvalue weighted by atomic mass is 16.5. The van der Waals surface area contributed by atoms with Gasteiger partial charge in [0.2, 0.25) is 0 Å². The Morgan fingerprint density at radius 2 is 2.14 bits per heavy atom. The first-order chi connectivity index (χ1) is 6.57. The van der Waals surface area contributed by atoms with E-state index in [1.54, 1.807) is 0 Å². The van der Waals surface area contributed by atoms with Crippen LogP contribution in [0.1, 0.15) is 19.3 Å². The molecule has 0 aromatic heterocycles. The molecule has 1 rings (SSSR count). The largest absolute Gasteiger partial charge is 0.478 e. The molecule has 0 bridgehead atoms. The Bertz CT molecular complexity index is 211. The van der Waals surface area contributed by atoms with Crippen molar-refractivity contribution in [2.24, 2.45) is 0 Å². The fourth-order valence-electron chi connectivity index (χ4n) is 0.827. The minimum atomic E-state index is -0.981. The van der Waals surface area contributed by atoms with E-state index in [4.69, 9.17) is 10.2 Å². The van der Waals surface area contributed by atoms with E-state index in [9.17, 15) is 9.59 Å². The van der Waals surface area contributed by atoms with E-state index in [0.717, 1.165) is 18.9 Å².